The largest absolute Gasteiger partial charge is 0.462 e. The molecule has 1 aliphatic rings. The third-order valence-electron chi connectivity index (χ3n) is 3.60. The fraction of sp³-hybridized carbons (Fsp3) is 0.571. The third kappa shape index (κ3) is 2.96. The minimum absolute atomic E-state index is 0.238. The second-order valence-corrected chi connectivity index (χ2v) is 6.16. The Morgan fingerprint density at radius 3 is 2.86 bits per heavy atom. The molecular formula is C14H20N4O2S. The normalized spacial score (nSPS) is 19.3. The summed E-state index contributed by atoms with van der Waals surface area (Å²) in [6, 6.07) is 2.32. The second kappa shape index (κ2) is 6.33. The Morgan fingerprint density at radius 1 is 1.57 bits per heavy atom. The van der Waals surface area contributed by atoms with E-state index in [1.807, 2.05) is 0 Å². The number of anilines is 2. The Labute approximate surface area is 128 Å². The van der Waals surface area contributed by atoms with E-state index in [2.05, 4.69) is 29.8 Å². The highest BCUT2D eigenvalue weighted by molar-refractivity contribution is 7.17. The number of carbonyl (C=O) groups is 1. The highest BCUT2D eigenvalue weighted by atomic mass is 32.1. The maximum Gasteiger partial charge on any atom is 0.343 e. The number of hydrogen-bond acceptors (Lipinski definition) is 7. The molecule has 2 rings (SSSR count). The first-order valence-corrected chi connectivity index (χ1v) is 7.75. The lowest BCUT2D eigenvalue weighted by Gasteiger charge is -2.39. The SMILES string of the molecule is CCOC(=O)c1c(N2CCN(C)CC2C)sc(C#N)c1N. The van der Waals surface area contributed by atoms with Gasteiger partial charge in [-0.1, -0.05) is 0 Å². The van der Waals surface area contributed by atoms with Gasteiger partial charge in [-0.2, -0.15) is 5.26 Å². The predicted molar refractivity (Wildman–Crippen MR) is 83.7 cm³/mol. The first-order valence-electron chi connectivity index (χ1n) is 6.94. The Hall–Kier alpha value is -1.78. The number of likely N-dealkylation sites (N-methyl/N-ethyl adjacent to an activating group) is 1. The van der Waals surface area contributed by atoms with Crippen LogP contribution in [0.1, 0.15) is 29.1 Å². The number of nitrogens with zero attached hydrogens (tertiary/aromatic N) is 3. The van der Waals surface area contributed by atoms with Gasteiger partial charge in [0.25, 0.3) is 0 Å². The molecule has 0 radical (unpaired) electrons. The second-order valence-electron chi connectivity index (χ2n) is 5.16. The van der Waals surface area contributed by atoms with Gasteiger partial charge in [-0.3, -0.25) is 0 Å². The molecule has 2 N–H and O–H groups in total. The highest BCUT2D eigenvalue weighted by Gasteiger charge is 2.31. The van der Waals surface area contributed by atoms with Crippen LogP contribution < -0.4 is 10.6 Å². The van der Waals surface area contributed by atoms with E-state index in [0.717, 1.165) is 24.6 Å². The van der Waals surface area contributed by atoms with Crippen LogP contribution >= 0.6 is 11.3 Å². The number of esters is 1. The number of ether oxygens (including phenoxy) is 1. The van der Waals surface area contributed by atoms with Crippen LogP contribution in [-0.2, 0) is 4.74 Å². The van der Waals surface area contributed by atoms with Crippen LogP contribution in [0.5, 0.6) is 0 Å². The smallest absolute Gasteiger partial charge is 0.343 e. The van der Waals surface area contributed by atoms with Crippen molar-refractivity contribution in [3.05, 3.63) is 10.4 Å². The van der Waals surface area contributed by atoms with Crippen LogP contribution in [0.25, 0.3) is 0 Å². The number of carbonyl (C=O) groups excluding carboxylic acids is 1. The van der Waals surface area contributed by atoms with Crippen LogP contribution in [0.4, 0.5) is 10.7 Å². The van der Waals surface area contributed by atoms with Crippen LogP contribution in [0.3, 0.4) is 0 Å². The van der Waals surface area contributed by atoms with Gasteiger partial charge in [0.1, 0.15) is 21.5 Å². The third-order valence-corrected chi connectivity index (χ3v) is 4.75. The average Bonchev–Trinajstić information content (AvgIpc) is 2.75. The predicted octanol–water partition coefficient (Wildman–Crippen LogP) is 1.52. The van der Waals surface area contributed by atoms with Crippen LogP contribution in [-0.4, -0.2) is 50.2 Å². The minimum atomic E-state index is -0.450. The van der Waals surface area contributed by atoms with Crippen molar-refractivity contribution in [2.24, 2.45) is 0 Å². The maximum absolute atomic E-state index is 12.2. The monoisotopic (exact) mass is 308 g/mol. The van der Waals surface area contributed by atoms with Gasteiger partial charge in [0, 0.05) is 25.7 Å². The molecule has 1 atom stereocenters. The van der Waals surface area contributed by atoms with Crippen molar-refractivity contribution >= 4 is 28.0 Å². The lowest BCUT2D eigenvalue weighted by molar-refractivity contribution is 0.0528. The fourth-order valence-electron chi connectivity index (χ4n) is 2.56. The van der Waals surface area contributed by atoms with Gasteiger partial charge in [0.15, 0.2) is 0 Å². The van der Waals surface area contributed by atoms with Gasteiger partial charge < -0.3 is 20.3 Å². The molecule has 0 aromatic carbocycles. The molecule has 1 aliphatic heterocycles. The molecule has 1 saturated heterocycles. The standard InChI is InChI=1S/C14H20N4O2S/c1-4-20-14(19)11-12(16)10(7-15)21-13(11)18-6-5-17(3)8-9(18)2/h9H,4-6,8,16H2,1-3H3. The van der Waals surface area contributed by atoms with Crippen molar-refractivity contribution in [2.75, 3.05) is 43.9 Å². The lowest BCUT2D eigenvalue weighted by Crippen LogP contribution is -2.50. The van der Waals surface area contributed by atoms with Crippen molar-refractivity contribution in [2.45, 2.75) is 19.9 Å². The summed E-state index contributed by atoms with van der Waals surface area (Å²) in [6.07, 6.45) is 0. The van der Waals surface area contributed by atoms with E-state index in [0.29, 0.717) is 10.4 Å². The molecule has 21 heavy (non-hydrogen) atoms. The van der Waals surface area contributed by atoms with E-state index < -0.39 is 5.97 Å². The Morgan fingerprint density at radius 2 is 2.29 bits per heavy atom. The van der Waals surface area contributed by atoms with E-state index in [1.54, 1.807) is 6.92 Å². The van der Waals surface area contributed by atoms with Crippen molar-refractivity contribution < 1.29 is 9.53 Å². The van der Waals surface area contributed by atoms with Crippen molar-refractivity contribution in [1.82, 2.24) is 4.90 Å². The lowest BCUT2D eigenvalue weighted by atomic mass is 10.1. The Balaban J connectivity index is 2.43. The molecule has 0 spiro atoms. The Bertz CT molecular complexity index is 578. The number of thiophene rings is 1. The van der Waals surface area contributed by atoms with Crippen LogP contribution in [0.15, 0.2) is 0 Å². The zero-order chi connectivity index (χ0) is 15.6. The quantitative estimate of drug-likeness (QED) is 0.853. The minimum Gasteiger partial charge on any atom is -0.462 e. The molecule has 0 saturated carbocycles. The zero-order valence-electron chi connectivity index (χ0n) is 12.5. The summed E-state index contributed by atoms with van der Waals surface area (Å²) in [5, 5.41) is 9.93. The van der Waals surface area contributed by atoms with Crippen molar-refractivity contribution in [3.8, 4) is 6.07 Å². The number of rotatable bonds is 3. The maximum atomic E-state index is 12.2. The fourth-order valence-corrected chi connectivity index (χ4v) is 3.69. The number of nitrogens with two attached hydrogens (primary N) is 1. The molecule has 2 heterocycles. The van der Waals surface area contributed by atoms with Gasteiger partial charge in [0.05, 0.1) is 12.3 Å². The molecular weight excluding hydrogens is 288 g/mol. The molecule has 1 unspecified atom stereocenters. The molecule has 7 heteroatoms. The summed E-state index contributed by atoms with van der Waals surface area (Å²) in [7, 11) is 2.07. The number of piperazine rings is 1. The first-order chi connectivity index (χ1) is 9.99. The van der Waals surface area contributed by atoms with Gasteiger partial charge in [0.2, 0.25) is 0 Å². The average molecular weight is 308 g/mol. The molecule has 1 aromatic heterocycles. The van der Waals surface area contributed by atoms with E-state index >= 15 is 0 Å². The zero-order valence-corrected chi connectivity index (χ0v) is 13.4. The number of nitriles is 1. The summed E-state index contributed by atoms with van der Waals surface area (Å²) in [6.45, 7) is 6.76. The summed E-state index contributed by atoms with van der Waals surface area (Å²) >= 11 is 1.27. The summed E-state index contributed by atoms with van der Waals surface area (Å²) in [4.78, 5) is 17.0. The molecule has 0 aliphatic carbocycles. The molecule has 1 aromatic rings. The van der Waals surface area contributed by atoms with Gasteiger partial charge >= 0.3 is 5.97 Å². The molecule has 6 nitrogen and oxygen atoms in total. The topological polar surface area (TPSA) is 82.6 Å². The van der Waals surface area contributed by atoms with E-state index in [9.17, 15) is 10.1 Å². The molecule has 114 valence electrons. The number of nitrogen functional groups attached to an aromatic ring is 1. The number of hydrogen-bond donors (Lipinski definition) is 1. The van der Waals surface area contributed by atoms with E-state index in [1.165, 1.54) is 11.3 Å². The van der Waals surface area contributed by atoms with Gasteiger partial charge in [-0.25, -0.2) is 4.79 Å². The summed E-state index contributed by atoms with van der Waals surface area (Å²) in [5.74, 6) is -0.450. The van der Waals surface area contributed by atoms with Crippen LogP contribution in [0.2, 0.25) is 0 Å². The van der Waals surface area contributed by atoms with Gasteiger partial charge in [-0.15, -0.1) is 11.3 Å². The van der Waals surface area contributed by atoms with Gasteiger partial charge in [-0.05, 0) is 20.9 Å². The summed E-state index contributed by atoms with van der Waals surface area (Å²) in [5.41, 5.74) is 6.56. The van der Waals surface area contributed by atoms with E-state index in [-0.39, 0.29) is 18.3 Å². The van der Waals surface area contributed by atoms with Crippen LogP contribution in [0, 0.1) is 11.3 Å². The van der Waals surface area contributed by atoms with E-state index in [4.69, 9.17) is 10.5 Å². The molecule has 0 amide bonds. The van der Waals surface area contributed by atoms with Crippen molar-refractivity contribution in [1.29, 1.82) is 5.26 Å². The summed E-state index contributed by atoms with van der Waals surface area (Å²) < 4.78 is 5.10. The van der Waals surface area contributed by atoms with Crippen molar-refractivity contribution in [3.63, 3.8) is 0 Å². The first kappa shape index (κ1) is 15.6. The Kier molecular flexibility index (Phi) is 4.70. The highest BCUT2D eigenvalue weighted by Crippen LogP contribution is 2.39. The molecule has 1 fully saturated rings. The molecule has 0 bridgehead atoms.